The van der Waals surface area contributed by atoms with E-state index in [0.29, 0.717) is 12.3 Å². The normalized spacial score (nSPS) is 11.8. The molecule has 0 saturated carbocycles. The first-order valence-corrected chi connectivity index (χ1v) is 9.40. The number of hydrogen-bond acceptors (Lipinski definition) is 6. The third-order valence-corrected chi connectivity index (χ3v) is 3.95. The number of nitrogens with one attached hydrogen (secondary N) is 1. The molecule has 13 heteroatoms. The maximum absolute atomic E-state index is 13.1. The van der Waals surface area contributed by atoms with Crippen LogP contribution in [0.5, 0.6) is 11.5 Å². The van der Waals surface area contributed by atoms with Gasteiger partial charge < -0.3 is 4.74 Å². The van der Waals surface area contributed by atoms with Gasteiger partial charge in [0, 0.05) is 17.2 Å². The molecule has 0 fully saturated rings. The lowest BCUT2D eigenvalue weighted by atomic mass is 10.1. The van der Waals surface area contributed by atoms with Crippen molar-refractivity contribution < 1.29 is 36.0 Å². The summed E-state index contributed by atoms with van der Waals surface area (Å²) in [7, 11) is -4.04. The molecule has 0 aliphatic rings. The van der Waals surface area contributed by atoms with Crippen LogP contribution >= 0.6 is 11.6 Å². The molecule has 0 spiro atoms. The van der Waals surface area contributed by atoms with E-state index < -0.39 is 49.6 Å². The zero-order valence-corrected chi connectivity index (χ0v) is 15.4. The van der Waals surface area contributed by atoms with Crippen molar-refractivity contribution in [1.29, 1.82) is 0 Å². The molecule has 0 heterocycles. The largest absolute Gasteiger partial charge is 0.457 e. The maximum Gasteiger partial charge on any atom is 0.420 e. The van der Waals surface area contributed by atoms with Crippen molar-refractivity contribution in [3.63, 3.8) is 0 Å². The SMILES string of the molecule is CS(=O)(=O)NC(=O)c1cc(Oc2ccc(Cl)cc2C(F)(F)F)ccc1[N+](=O)[O-]. The van der Waals surface area contributed by atoms with E-state index in [0.717, 1.165) is 30.3 Å². The van der Waals surface area contributed by atoms with Crippen LogP contribution in [0.15, 0.2) is 36.4 Å². The number of ether oxygens (including phenoxy) is 1. The fourth-order valence-electron chi connectivity index (χ4n) is 2.08. The van der Waals surface area contributed by atoms with Gasteiger partial charge in [0.05, 0.1) is 16.7 Å². The minimum atomic E-state index is -4.81. The summed E-state index contributed by atoms with van der Waals surface area (Å²) in [5, 5.41) is 10.9. The number of carbonyl (C=O) groups is 1. The van der Waals surface area contributed by atoms with Gasteiger partial charge in [-0.25, -0.2) is 13.1 Å². The number of alkyl halides is 3. The standard InChI is InChI=1S/C15H10ClF3N2O6S/c1-28(25,26)20-14(22)10-7-9(3-4-12(10)21(23)24)27-13-5-2-8(16)6-11(13)15(17,18)19/h2-7H,1H3,(H,20,22). The number of halogens is 4. The number of hydrogen-bond donors (Lipinski definition) is 1. The van der Waals surface area contributed by atoms with Crippen LogP contribution in [0, 0.1) is 10.1 Å². The van der Waals surface area contributed by atoms with Gasteiger partial charge in [0.1, 0.15) is 17.1 Å². The van der Waals surface area contributed by atoms with Gasteiger partial charge >= 0.3 is 6.18 Å². The number of nitro groups is 1. The minimum absolute atomic E-state index is 0.198. The second kappa shape index (κ2) is 7.64. The molecule has 2 rings (SSSR count). The van der Waals surface area contributed by atoms with E-state index in [2.05, 4.69) is 0 Å². The third-order valence-electron chi connectivity index (χ3n) is 3.16. The smallest absolute Gasteiger partial charge is 0.420 e. The number of nitrogens with zero attached hydrogens (tertiary/aromatic N) is 1. The van der Waals surface area contributed by atoms with Crippen molar-refractivity contribution in [3.8, 4) is 11.5 Å². The van der Waals surface area contributed by atoms with Crippen molar-refractivity contribution in [2.24, 2.45) is 0 Å². The number of rotatable bonds is 5. The summed E-state index contributed by atoms with van der Waals surface area (Å²) in [5.74, 6) is -2.37. The molecule has 2 aromatic rings. The molecule has 0 aliphatic heterocycles. The average molecular weight is 439 g/mol. The number of benzene rings is 2. The molecule has 0 radical (unpaired) electrons. The van der Waals surface area contributed by atoms with Gasteiger partial charge in [0.25, 0.3) is 11.6 Å². The molecular weight excluding hydrogens is 429 g/mol. The topological polar surface area (TPSA) is 116 Å². The lowest BCUT2D eigenvalue weighted by Crippen LogP contribution is -2.29. The van der Waals surface area contributed by atoms with E-state index in [9.17, 15) is 36.5 Å². The Morgan fingerprint density at radius 3 is 2.39 bits per heavy atom. The number of carbonyl (C=O) groups excluding carboxylic acids is 1. The van der Waals surface area contributed by atoms with Crippen molar-refractivity contribution in [2.45, 2.75) is 6.18 Å². The Labute approximate surface area is 161 Å². The third kappa shape index (κ3) is 5.33. The Morgan fingerprint density at radius 1 is 1.21 bits per heavy atom. The highest BCUT2D eigenvalue weighted by Gasteiger charge is 2.35. The van der Waals surface area contributed by atoms with E-state index in [-0.39, 0.29) is 10.8 Å². The molecule has 0 aliphatic carbocycles. The highest BCUT2D eigenvalue weighted by Crippen LogP contribution is 2.40. The van der Waals surface area contributed by atoms with E-state index in [1.54, 1.807) is 4.72 Å². The van der Waals surface area contributed by atoms with E-state index in [1.165, 1.54) is 0 Å². The van der Waals surface area contributed by atoms with Crippen LogP contribution in [0.2, 0.25) is 5.02 Å². The number of nitro benzene ring substituents is 1. The first-order chi connectivity index (χ1) is 12.8. The molecule has 2 aromatic carbocycles. The zero-order valence-electron chi connectivity index (χ0n) is 13.8. The molecule has 0 aromatic heterocycles. The summed E-state index contributed by atoms with van der Waals surface area (Å²) in [4.78, 5) is 22.1. The predicted molar refractivity (Wildman–Crippen MR) is 91.9 cm³/mol. The fourth-order valence-corrected chi connectivity index (χ4v) is 2.70. The van der Waals surface area contributed by atoms with Gasteiger partial charge in [-0.2, -0.15) is 13.2 Å². The zero-order chi connectivity index (χ0) is 21.3. The van der Waals surface area contributed by atoms with Crippen LogP contribution in [0.3, 0.4) is 0 Å². The maximum atomic E-state index is 13.1. The van der Waals surface area contributed by atoms with Crippen LogP contribution in [-0.2, 0) is 16.2 Å². The molecule has 1 amide bonds. The lowest BCUT2D eigenvalue weighted by molar-refractivity contribution is -0.385. The molecule has 0 saturated heterocycles. The first-order valence-electron chi connectivity index (χ1n) is 7.13. The van der Waals surface area contributed by atoms with Gasteiger partial charge in [-0.05, 0) is 24.3 Å². The highest BCUT2D eigenvalue weighted by molar-refractivity contribution is 7.89. The average Bonchev–Trinajstić information content (AvgIpc) is 2.53. The molecule has 8 nitrogen and oxygen atoms in total. The second-order valence-corrected chi connectivity index (χ2v) is 7.56. The summed E-state index contributed by atoms with van der Waals surface area (Å²) in [6.07, 6.45) is -4.15. The second-order valence-electron chi connectivity index (χ2n) is 5.38. The molecule has 1 N–H and O–H groups in total. The van der Waals surface area contributed by atoms with Gasteiger partial charge in [-0.1, -0.05) is 11.6 Å². The van der Waals surface area contributed by atoms with E-state index in [4.69, 9.17) is 16.3 Å². The molecule has 150 valence electrons. The van der Waals surface area contributed by atoms with Crippen LogP contribution in [0.25, 0.3) is 0 Å². The van der Waals surface area contributed by atoms with Crippen molar-refractivity contribution in [1.82, 2.24) is 4.72 Å². The van der Waals surface area contributed by atoms with Crippen LogP contribution in [0.1, 0.15) is 15.9 Å². The van der Waals surface area contributed by atoms with Crippen LogP contribution in [-0.4, -0.2) is 25.5 Å². The molecule has 0 unspecified atom stereocenters. The molecular formula is C15H10ClF3N2O6S. The van der Waals surface area contributed by atoms with Crippen molar-refractivity contribution >= 4 is 33.2 Å². The Bertz CT molecular complexity index is 1060. The summed E-state index contributed by atoms with van der Waals surface area (Å²) in [5.41, 5.74) is -2.68. The quantitative estimate of drug-likeness (QED) is 0.561. The molecule has 0 atom stereocenters. The highest BCUT2D eigenvalue weighted by atomic mass is 35.5. The van der Waals surface area contributed by atoms with Crippen molar-refractivity contribution in [2.75, 3.05) is 6.26 Å². The van der Waals surface area contributed by atoms with Gasteiger partial charge in [0.15, 0.2) is 0 Å². The van der Waals surface area contributed by atoms with Crippen LogP contribution < -0.4 is 9.46 Å². The van der Waals surface area contributed by atoms with Gasteiger partial charge in [-0.3, -0.25) is 14.9 Å². The number of sulfonamides is 1. The Balaban J connectivity index is 2.51. The monoisotopic (exact) mass is 438 g/mol. The summed E-state index contributed by atoms with van der Waals surface area (Å²) in [6.45, 7) is 0. The van der Waals surface area contributed by atoms with Gasteiger partial charge in [0.2, 0.25) is 10.0 Å². The molecule has 28 heavy (non-hydrogen) atoms. The Hall–Kier alpha value is -2.86. The first kappa shape index (κ1) is 21.4. The predicted octanol–water partition coefficient (Wildman–Crippen LogP) is 3.75. The van der Waals surface area contributed by atoms with E-state index in [1.807, 2.05) is 0 Å². The Kier molecular flexibility index (Phi) is 5.85. The lowest BCUT2D eigenvalue weighted by Gasteiger charge is -2.14. The molecule has 0 bridgehead atoms. The summed E-state index contributed by atoms with van der Waals surface area (Å²) in [6, 6.07) is 5.21. The Morgan fingerprint density at radius 2 is 1.86 bits per heavy atom. The van der Waals surface area contributed by atoms with Crippen LogP contribution in [0.4, 0.5) is 18.9 Å². The van der Waals surface area contributed by atoms with Crippen molar-refractivity contribution in [3.05, 3.63) is 62.7 Å². The fraction of sp³-hybridized carbons (Fsp3) is 0.133. The minimum Gasteiger partial charge on any atom is -0.457 e. The summed E-state index contributed by atoms with van der Waals surface area (Å²) < 4.78 is 68.4. The van der Waals surface area contributed by atoms with Gasteiger partial charge in [-0.15, -0.1) is 0 Å². The summed E-state index contributed by atoms with van der Waals surface area (Å²) >= 11 is 5.57. The van der Waals surface area contributed by atoms with E-state index >= 15 is 0 Å². The number of amides is 1.